The molecule has 0 saturated carbocycles. The average Bonchev–Trinajstić information content (AvgIpc) is 3.14. The zero-order chi connectivity index (χ0) is 34.5. The van der Waals surface area contributed by atoms with Gasteiger partial charge in [-0.05, 0) is 136 Å². The molecule has 3 aliphatic carbocycles. The highest BCUT2D eigenvalue weighted by Crippen LogP contribution is 2.38. The third kappa shape index (κ3) is 6.02. The molecule has 4 atom stereocenters. The van der Waals surface area contributed by atoms with Gasteiger partial charge in [0.2, 0.25) is 0 Å². The van der Waals surface area contributed by atoms with Crippen LogP contribution in [0.2, 0.25) is 0 Å². The smallest absolute Gasteiger partial charge is 0.133 e. The lowest BCUT2D eigenvalue weighted by Crippen LogP contribution is -2.29. The molecule has 5 aliphatic rings. The van der Waals surface area contributed by atoms with E-state index in [1.54, 1.807) is 0 Å². The molecule has 4 unspecified atom stereocenters. The number of fused-ring (bicyclic) bond motifs is 2. The highest BCUT2D eigenvalue weighted by atomic mass is 15.1. The fourth-order valence-corrected chi connectivity index (χ4v) is 7.69. The Morgan fingerprint density at radius 3 is 2.36 bits per heavy atom. The molecule has 2 aliphatic heterocycles. The highest BCUT2D eigenvalue weighted by Gasteiger charge is 2.25. The molecule has 1 N–H and O–H groups in total. The minimum Gasteiger partial charge on any atom is -0.372 e. The summed E-state index contributed by atoms with van der Waals surface area (Å²) >= 11 is 0. The second kappa shape index (κ2) is 12.8. The van der Waals surface area contributed by atoms with Crippen molar-refractivity contribution in [2.24, 2.45) is 16.8 Å². The summed E-state index contributed by atoms with van der Waals surface area (Å²) in [4.78, 5) is 7.82. The van der Waals surface area contributed by atoms with E-state index in [0.29, 0.717) is 12.0 Å². The van der Waals surface area contributed by atoms with Crippen molar-refractivity contribution in [1.29, 1.82) is 0 Å². The van der Waals surface area contributed by atoms with Crippen molar-refractivity contribution >= 4 is 33.5 Å². The Labute approximate surface area is 297 Å². The molecule has 8 rings (SSSR count). The Bertz CT molecular complexity index is 2260. The van der Waals surface area contributed by atoms with E-state index in [1.807, 2.05) is 0 Å². The first-order chi connectivity index (χ1) is 24.2. The summed E-state index contributed by atoms with van der Waals surface area (Å²) in [5.41, 5.74) is 14.5. The zero-order valence-corrected chi connectivity index (χ0v) is 29.7. The second-order valence-electron chi connectivity index (χ2n) is 14.4. The minimum absolute atomic E-state index is 0.179. The molecule has 0 bridgehead atoms. The van der Waals surface area contributed by atoms with Gasteiger partial charge in [0.15, 0.2) is 0 Å². The van der Waals surface area contributed by atoms with Crippen LogP contribution in [-0.2, 0) is 0 Å². The van der Waals surface area contributed by atoms with Gasteiger partial charge in [-0.2, -0.15) is 0 Å². The maximum atomic E-state index is 5.49. The quantitative estimate of drug-likeness (QED) is 0.297. The van der Waals surface area contributed by atoms with E-state index in [0.717, 1.165) is 29.1 Å². The van der Waals surface area contributed by atoms with Crippen LogP contribution in [0.25, 0.3) is 27.6 Å². The molecule has 50 heavy (non-hydrogen) atoms. The Balaban J connectivity index is 1.29. The predicted molar refractivity (Wildman–Crippen MR) is 213 cm³/mol. The van der Waals surface area contributed by atoms with Crippen LogP contribution in [0.15, 0.2) is 167 Å². The molecule has 248 valence electrons. The number of aliphatic imine (C=N–C) groups is 1. The first kappa shape index (κ1) is 31.8. The van der Waals surface area contributed by atoms with E-state index < -0.39 is 0 Å². The Morgan fingerprint density at radius 1 is 0.800 bits per heavy atom. The maximum Gasteiger partial charge on any atom is 0.133 e. The fraction of sp³-hybridized carbons (Fsp3) is 0.213. The van der Waals surface area contributed by atoms with Crippen molar-refractivity contribution in [3.63, 3.8) is 0 Å². The molecular weight excluding hydrogens is 607 g/mol. The monoisotopic (exact) mass is 651 g/mol. The van der Waals surface area contributed by atoms with E-state index in [4.69, 9.17) is 4.99 Å². The topological polar surface area (TPSA) is 27.6 Å². The largest absolute Gasteiger partial charge is 0.372 e. The Hall–Kier alpha value is -5.41. The molecule has 0 aromatic heterocycles. The summed E-state index contributed by atoms with van der Waals surface area (Å²) < 4.78 is 0. The number of nitrogens with one attached hydrogen (secondary N) is 1. The normalized spacial score (nSPS) is 24.6. The van der Waals surface area contributed by atoms with Crippen LogP contribution >= 0.6 is 0 Å². The molecular formula is C47H45N3. The van der Waals surface area contributed by atoms with Crippen LogP contribution in [0, 0.1) is 11.8 Å². The van der Waals surface area contributed by atoms with Crippen molar-refractivity contribution in [1.82, 2.24) is 10.2 Å². The first-order valence-electron chi connectivity index (χ1n) is 17.9. The number of likely N-dealkylation sites (N-methyl/N-ethyl adjacent to an activating group) is 1. The van der Waals surface area contributed by atoms with Gasteiger partial charge in [-0.1, -0.05) is 98.5 Å². The molecule has 3 aromatic rings. The lowest BCUT2D eigenvalue weighted by molar-refractivity contribution is 0.370. The molecule has 3 nitrogen and oxygen atoms in total. The highest BCUT2D eigenvalue weighted by molar-refractivity contribution is 6.07. The van der Waals surface area contributed by atoms with Crippen LogP contribution in [0.5, 0.6) is 0 Å². The number of amidine groups is 1. The summed E-state index contributed by atoms with van der Waals surface area (Å²) in [6, 6.07) is 22.5. The van der Waals surface area contributed by atoms with Crippen LogP contribution < -0.4 is 5.32 Å². The van der Waals surface area contributed by atoms with Crippen LogP contribution in [0.1, 0.15) is 62.4 Å². The molecule has 0 fully saturated rings. The van der Waals surface area contributed by atoms with Crippen LogP contribution in [0.3, 0.4) is 0 Å². The minimum atomic E-state index is -0.179. The molecule has 0 saturated heterocycles. The van der Waals surface area contributed by atoms with Crippen molar-refractivity contribution in [3.8, 4) is 0 Å². The number of allylic oxidation sites excluding steroid dienone is 14. The van der Waals surface area contributed by atoms with Crippen LogP contribution in [-0.4, -0.2) is 23.8 Å². The summed E-state index contributed by atoms with van der Waals surface area (Å²) in [7, 11) is 2.17. The zero-order valence-electron chi connectivity index (χ0n) is 29.7. The second-order valence-corrected chi connectivity index (χ2v) is 14.4. The van der Waals surface area contributed by atoms with Gasteiger partial charge in [-0.3, -0.25) is 4.99 Å². The van der Waals surface area contributed by atoms with E-state index in [1.165, 1.54) is 61.0 Å². The van der Waals surface area contributed by atoms with E-state index in [2.05, 4.69) is 179 Å². The molecule has 2 heterocycles. The molecule has 0 spiro atoms. The third-order valence-electron chi connectivity index (χ3n) is 11.0. The van der Waals surface area contributed by atoms with Gasteiger partial charge < -0.3 is 10.2 Å². The van der Waals surface area contributed by atoms with E-state index in [9.17, 15) is 0 Å². The van der Waals surface area contributed by atoms with Gasteiger partial charge in [-0.25, -0.2) is 0 Å². The van der Waals surface area contributed by atoms with Crippen molar-refractivity contribution in [3.05, 3.63) is 184 Å². The van der Waals surface area contributed by atoms with Crippen molar-refractivity contribution < 1.29 is 0 Å². The molecule has 0 amide bonds. The summed E-state index contributed by atoms with van der Waals surface area (Å²) in [6.45, 7) is 13.2. The van der Waals surface area contributed by atoms with E-state index >= 15 is 0 Å². The number of benzene rings is 3. The SMILES string of the molecule is C=C1C(C)=CC(c2cc(C3=CC(C)N(C)C(C)=C3)cc(C3C=C(c4ccc5ccccc5c4)NC(C4=CCC5C=CC=CC5=C4)=N3)c2)=CC1C. The molecule has 0 radical (unpaired) electrons. The van der Waals surface area contributed by atoms with E-state index in [-0.39, 0.29) is 12.0 Å². The lowest BCUT2D eigenvalue weighted by Gasteiger charge is -2.30. The maximum absolute atomic E-state index is 5.49. The van der Waals surface area contributed by atoms with Gasteiger partial charge >= 0.3 is 0 Å². The fourth-order valence-electron chi connectivity index (χ4n) is 7.69. The predicted octanol–water partition coefficient (Wildman–Crippen LogP) is 11.1. The standard InChI is InChI=1S/C47H45N3/c1-29-19-40(20-30(2)33(29)5)42-25-43(41-21-31(3)50(6)32(4)22-41)27-44(26-42)46-28-45(38-17-15-34-11-7-9-13-36(34)23-38)48-47(49-46)39-18-16-35-12-8-10-14-37(35)24-39/h7-15,17-29,31,35,46H,5,16H2,1-4,6H3,(H,48,49). The van der Waals surface area contributed by atoms with Crippen molar-refractivity contribution in [2.75, 3.05) is 7.05 Å². The third-order valence-corrected chi connectivity index (χ3v) is 11.0. The molecule has 3 aromatic carbocycles. The average molecular weight is 652 g/mol. The summed E-state index contributed by atoms with van der Waals surface area (Å²) in [5, 5.41) is 6.25. The van der Waals surface area contributed by atoms with Gasteiger partial charge in [0.25, 0.3) is 0 Å². The Morgan fingerprint density at radius 2 is 1.58 bits per heavy atom. The molecule has 3 heteroatoms. The number of hydrogen-bond acceptors (Lipinski definition) is 3. The lowest BCUT2D eigenvalue weighted by atomic mass is 9.83. The van der Waals surface area contributed by atoms with Gasteiger partial charge in [0.1, 0.15) is 5.84 Å². The van der Waals surface area contributed by atoms with Gasteiger partial charge in [0, 0.05) is 36.0 Å². The van der Waals surface area contributed by atoms with Gasteiger partial charge in [0.05, 0.1) is 6.04 Å². The Kier molecular flexibility index (Phi) is 8.15. The number of nitrogens with zero attached hydrogens (tertiary/aromatic N) is 2. The summed E-state index contributed by atoms with van der Waals surface area (Å²) in [5.74, 6) is 1.63. The number of hydrogen-bond donors (Lipinski definition) is 1. The summed E-state index contributed by atoms with van der Waals surface area (Å²) in [6.07, 6.45) is 26.1. The number of rotatable bonds is 5. The van der Waals surface area contributed by atoms with Gasteiger partial charge in [-0.15, -0.1) is 0 Å². The van der Waals surface area contributed by atoms with Crippen molar-refractivity contribution in [2.45, 2.75) is 46.2 Å². The van der Waals surface area contributed by atoms with Crippen LogP contribution in [0.4, 0.5) is 0 Å². The first-order valence-corrected chi connectivity index (χ1v) is 17.9.